The molecule has 3 heterocycles. The lowest BCUT2D eigenvalue weighted by atomic mass is 9.88. The van der Waals surface area contributed by atoms with Crippen molar-refractivity contribution in [2.45, 2.75) is 44.1 Å². The number of hydrogen-bond acceptors (Lipinski definition) is 7. The number of benzene rings is 2. The van der Waals surface area contributed by atoms with Crippen LogP contribution in [0.15, 0.2) is 36.4 Å². The summed E-state index contributed by atoms with van der Waals surface area (Å²) in [5, 5.41) is 15.6. The van der Waals surface area contributed by atoms with E-state index in [2.05, 4.69) is 53.0 Å². The molecule has 266 valence electrons. The van der Waals surface area contributed by atoms with E-state index in [9.17, 15) is 26.3 Å². The summed E-state index contributed by atoms with van der Waals surface area (Å²) in [6, 6.07) is 13.7. The summed E-state index contributed by atoms with van der Waals surface area (Å²) in [4.78, 5) is 26.5. The van der Waals surface area contributed by atoms with Crippen molar-refractivity contribution >= 4 is 22.8 Å². The van der Waals surface area contributed by atoms with Crippen molar-refractivity contribution in [3.05, 3.63) is 47.5 Å². The molecule has 0 aliphatic carbocycles. The van der Waals surface area contributed by atoms with E-state index in [1.807, 2.05) is 12.1 Å². The van der Waals surface area contributed by atoms with Crippen LogP contribution in [0.5, 0.6) is 11.5 Å². The van der Waals surface area contributed by atoms with Gasteiger partial charge in [-0.3, -0.25) is 4.90 Å². The normalized spacial score (nSPS) is 16.0. The molecule has 0 bridgehead atoms. The number of H-pyrrole nitrogens is 1. The van der Waals surface area contributed by atoms with E-state index in [1.54, 1.807) is 14.2 Å². The molecule has 2 aromatic carbocycles. The number of alkyl halides is 6. The Kier molecular flexibility index (Phi) is 13.1. The number of aromatic amines is 1. The first-order chi connectivity index (χ1) is 22.5. The number of carboxylic acids is 2. The fraction of sp³-hybridized carbons (Fsp3) is 0.500. The fourth-order valence-electron chi connectivity index (χ4n) is 5.33. The lowest BCUT2D eigenvalue weighted by molar-refractivity contribution is -0.193. The summed E-state index contributed by atoms with van der Waals surface area (Å²) in [7, 11) is 5.57. The molecule has 5 rings (SSSR count). The molecular weight excluding hydrogens is 652 g/mol. The van der Waals surface area contributed by atoms with Crippen molar-refractivity contribution in [2.24, 2.45) is 0 Å². The summed E-state index contributed by atoms with van der Waals surface area (Å²) in [6.45, 7) is 8.65. The van der Waals surface area contributed by atoms with Crippen LogP contribution in [0.2, 0.25) is 0 Å². The minimum Gasteiger partial charge on any atom is -0.493 e. The number of ether oxygens (including phenoxy) is 3. The lowest BCUT2D eigenvalue weighted by Crippen LogP contribution is -2.49. The number of likely N-dealkylation sites (N-methyl/N-ethyl adjacent to an activating group) is 1. The van der Waals surface area contributed by atoms with Gasteiger partial charge in [-0.25, -0.2) is 9.59 Å². The first-order valence-electron chi connectivity index (χ1n) is 14.9. The summed E-state index contributed by atoms with van der Waals surface area (Å²) in [5.41, 5.74) is 6.19. The van der Waals surface area contributed by atoms with Crippen LogP contribution in [0.1, 0.15) is 29.9 Å². The molecule has 16 heteroatoms. The van der Waals surface area contributed by atoms with Gasteiger partial charge in [-0.2, -0.15) is 26.3 Å². The van der Waals surface area contributed by atoms with Gasteiger partial charge in [0.15, 0.2) is 11.5 Å². The number of aliphatic carboxylic acids is 2. The van der Waals surface area contributed by atoms with E-state index < -0.39 is 24.3 Å². The molecule has 0 unspecified atom stereocenters. The number of aryl methyl sites for hydroxylation is 1. The van der Waals surface area contributed by atoms with Gasteiger partial charge in [-0.05, 0) is 87.3 Å². The number of piperidine rings is 1. The predicted molar refractivity (Wildman–Crippen MR) is 165 cm³/mol. The number of carbonyl (C=O) groups is 2. The van der Waals surface area contributed by atoms with Gasteiger partial charge in [0.2, 0.25) is 0 Å². The Morgan fingerprint density at radius 1 is 0.938 bits per heavy atom. The van der Waals surface area contributed by atoms with Crippen LogP contribution in [-0.4, -0.2) is 116 Å². The number of carboxylic acid groups (broad SMARTS) is 2. The average Bonchev–Trinajstić information content (AvgIpc) is 3.34. The molecular formula is C32H39F6N3O7. The van der Waals surface area contributed by atoms with E-state index in [-0.39, 0.29) is 0 Å². The second-order valence-corrected chi connectivity index (χ2v) is 11.4. The van der Waals surface area contributed by atoms with Crippen molar-refractivity contribution in [1.82, 2.24) is 14.8 Å². The largest absolute Gasteiger partial charge is 0.493 e. The van der Waals surface area contributed by atoms with Gasteiger partial charge in [0.1, 0.15) is 0 Å². The van der Waals surface area contributed by atoms with Crippen molar-refractivity contribution in [1.29, 1.82) is 0 Å². The number of likely N-dealkylation sites (tertiary alicyclic amines) is 1. The highest BCUT2D eigenvalue weighted by Crippen LogP contribution is 2.37. The molecule has 10 nitrogen and oxygen atoms in total. The first kappa shape index (κ1) is 38.4. The topological polar surface area (TPSA) is 125 Å². The molecule has 2 aliphatic rings. The SMILES string of the molecule is COc1ccc(-c2[nH]c3ccc(C4CCN(CCN(C)C5COC5)CC4)cc3c2C)cc1OC.O=C(O)C(F)(F)F.O=C(O)C(F)(F)F. The molecule has 0 saturated carbocycles. The van der Waals surface area contributed by atoms with Gasteiger partial charge in [0.05, 0.1) is 33.5 Å². The van der Waals surface area contributed by atoms with Crippen molar-refractivity contribution in [3.8, 4) is 22.8 Å². The van der Waals surface area contributed by atoms with Crippen LogP contribution >= 0.6 is 0 Å². The number of methoxy groups -OCH3 is 2. The third-order valence-electron chi connectivity index (χ3n) is 8.31. The zero-order valence-electron chi connectivity index (χ0n) is 26.9. The Labute approximate surface area is 273 Å². The van der Waals surface area contributed by atoms with E-state index >= 15 is 0 Å². The second-order valence-electron chi connectivity index (χ2n) is 11.4. The highest BCUT2D eigenvalue weighted by molar-refractivity contribution is 5.91. The molecule has 0 radical (unpaired) electrons. The minimum atomic E-state index is -5.08. The Hall–Kier alpha value is -4.02. The van der Waals surface area contributed by atoms with E-state index in [0.29, 0.717) is 12.0 Å². The lowest BCUT2D eigenvalue weighted by Gasteiger charge is -2.37. The third-order valence-corrected chi connectivity index (χ3v) is 8.31. The molecule has 1 aromatic heterocycles. The fourth-order valence-corrected chi connectivity index (χ4v) is 5.33. The Balaban J connectivity index is 0.000000376. The number of aromatic nitrogens is 1. The van der Waals surface area contributed by atoms with Crippen LogP contribution in [0.3, 0.4) is 0 Å². The van der Waals surface area contributed by atoms with E-state index in [4.69, 9.17) is 34.0 Å². The highest BCUT2D eigenvalue weighted by atomic mass is 19.4. The summed E-state index contributed by atoms with van der Waals surface area (Å²) in [6.07, 6.45) is -7.71. The van der Waals surface area contributed by atoms with Crippen LogP contribution < -0.4 is 9.47 Å². The molecule has 0 spiro atoms. The maximum absolute atomic E-state index is 10.6. The number of halogens is 6. The van der Waals surface area contributed by atoms with Crippen molar-refractivity contribution in [2.75, 3.05) is 60.7 Å². The van der Waals surface area contributed by atoms with Gasteiger partial charge in [0.25, 0.3) is 0 Å². The average molecular weight is 692 g/mol. The highest BCUT2D eigenvalue weighted by Gasteiger charge is 2.39. The van der Waals surface area contributed by atoms with Gasteiger partial charge < -0.3 is 34.3 Å². The van der Waals surface area contributed by atoms with Gasteiger partial charge in [0, 0.05) is 35.2 Å². The summed E-state index contributed by atoms with van der Waals surface area (Å²) >= 11 is 0. The maximum atomic E-state index is 10.6. The number of nitrogens with one attached hydrogen (secondary N) is 1. The van der Waals surface area contributed by atoms with Gasteiger partial charge >= 0.3 is 24.3 Å². The zero-order chi connectivity index (χ0) is 35.8. The number of fused-ring (bicyclic) bond motifs is 1. The van der Waals surface area contributed by atoms with Crippen LogP contribution in [-0.2, 0) is 14.3 Å². The number of hydrogen-bond donors (Lipinski definition) is 3. The number of nitrogens with zero attached hydrogens (tertiary/aromatic N) is 2. The molecule has 3 N–H and O–H groups in total. The van der Waals surface area contributed by atoms with E-state index in [1.165, 1.54) is 48.0 Å². The number of rotatable bonds is 8. The van der Waals surface area contributed by atoms with Crippen molar-refractivity contribution in [3.63, 3.8) is 0 Å². The minimum absolute atomic E-state index is 0.623. The third kappa shape index (κ3) is 10.2. The van der Waals surface area contributed by atoms with Gasteiger partial charge in [-0.15, -0.1) is 0 Å². The van der Waals surface area contributed by atoms with Crippen molar-refractivity contribution < 1.29 is 60.4 Å². The Morgan fingerprint density at radius 3 is 1.98 bits per heavy atom. The molecule has 2 aliphatic heterocycles. The molecule has 0 amide bonds. The molecule has 3 aromatic rings. The second kappa shape index (κ2) is 16.4. The summed E-state index contributed by atoms with van der Waals surface area (Å²) < 4.78 is 79.7. The molecule has 2 fully saturated rings. The smallest absolute Gasteiger partial charge is 0.490 e. The Bertz CT molecular complexity index is 1510. The first-order valence-corrected chi connectivity index (χ1v) is 14.9. The van der Waals surface area contributed by atoms with Crippen LogP contribution in [0, 0.1) is 6.92 Å². The van der Waals surface area contributed by atoms with Gasteiger partial charge in [-0.1, -0.05) is 6.07 Å². The quantitative estimate of drug-likeness (QED) is 0.247. The molecule has 48 heavy (non-hydrogen) atoms. The monoisotopic (exact) mass is 691 g/mol. The van der Waals surface area contributed by atoms with Crippen LogP contribution in [0.4, 0.5) is 26.3 Å². The predicted octanol–water partition coefficient (Wildman–Crippen LogP) is 5.94. The molecule has 0 atom stereocenters. The van der Waals surface area contributed by atoms with E-state index in [0.717, 1.165) is 49.1 Å². The molecule has 2 saturated heterocycles. The summed E-state index contributed by atoms with van der Waals surface area (Å²) in [5.74, 6) is -3.38. The zero-order valence-corrected chi connectivity index (χ0v) is 26.9. The maximum Gasteiger partial charge on any atom is 0.490 e. The Morgan fingerprint density at radius 2 is 1.50 bits per heavy atom. The van der Waals surface area contributed by atoms with Crippen LogP contribution in [0.25, 0.3) is 22.2 Å². The standard InChI is InChI=1S/C28H37N3O3.2C2HF3O2/c1-19-24-15-21(20-9-11-31(12-10-20)14-13-30(2)23-17-34-18-23)5-7-25(24)29-28(19)22-6-8-26(32-3)27(16-22)33-4;2*3-2(4,5)1(6)7/h5-8,15-16,20,23,29H,9-14,17-18H2,1-4H3;2*(H,6,7).